The zero-order valence-corrected chi connectivity index (χ0v) is 12.6. The van der Waals surface area contributed by atoms with E-state index in [1.54, 1.807) is 18.2 Å². The lowest BCUT2D eigenvalue weighted by Gasteiger charge is -2.11. The van der Waals surface area contributed by atoms with Crippen molar-refractivity contribution in [2.45, 2.75) is 12.5 Å². The first-order chi connectivity index (χ1) is 9.52. The van der Waals surface area contributed by atoms with E-state index in [2.05, 4.69) is 22.2 Å². The molecule has 1 atom stereocenters. The standard InChI is InChI=1S/C14H15Cl2N3O/c1-19-3-2-9(7-19)17-14(20)13-6-10-11(16)4-8(15)5-12(10)18-13/h4-6,9,18H,2-3,7H2,1H3,(H,17,20)/t9-/m1/s1. The molecular weight excluding hydrogens is 297 g/mol. The van der Waals surface area contributed by atoms with E-state index in [1.165, 1.54) is 0 Å². The number of H-pyrrole nitrogens is 1. The fourth-order valence-corrected chi connectivity index (χ4v) is 3.15. The third-order valence-electron chi connectivity index (χ3n) is 3.62. The van der Waals surface area contributed by atoms with Crippen LogP contribution in [0.15, 0.2) is 18.2 Å². The Morgan fingerprint density at radius 2 is 2.20 bits per heavy atom. The second-order valence-electron chi connectivity index (χ2n) is 5.25. The van der Waals surface area contributed by atoms with Gasteiger partial charge in [-0.1, -0.05) is 23.2 Å². The van der Waals surface area contributed by atoms with Gasteiger partial charge in [-0.3, -0.25) is 4.79 Å². The fraction of sp³-hybridized carbons (Fsp3) is 0.357. The number of nitrogens with one attached hydrogen (secondary N) is 2. The van der Waals surface area contributed by atoms with Crippen LogP contribution < -0.4 is 5.32 Å². The minimum atomic E-state index is -0.103. The number of hydrogen-bond donors (Lipinski definition) is 2. The van der Waals surface area contributed by atoms with Crippen LogP contribution >= 0.6 is 23.2 Å². The summed E-state index contributed by atoms with van der Waals surface area (Å²) < 4.78 is 0. The molecule has 0 bridgehead atoms. The predicted octanol–water partition coefficient (Wildman–Crippen LogP) is 2.91. The molecule has 0 saturated carbocycles. The van der Waals surface area contributed by atoms with Gasteiger partial charge >= 0.3 is 0 Å². The van der Waals surface area contributed by atoms with E-state index >= 15 is 0 Å². The third-order valence-corrected chi connectivity index (χ3v) is 4.15. The van der Waals surface area contributed by atoms with E-state index < -0.39 is 0 Å². The van der Waals surface area contributed by atoms with Crippen LogP contribution in [0.4, 0.5) is 0 Å². The third kappa shape index (κ3) is 2.64. The summed E-state index contributed by atoms with van der Waals surface area (Å²) in [5, 5.41) is 4.94. The molecule has 1 aromatic heterocycles. The number of nitrogens with zero attached hydrogens (tertiary/aromatic N) is 1. The van der Waals surface area contributed by atoms with Crippen molar-refractivity contribution in [1.29, 1.82) is 0 Å². The Hall–Kier alpha value is -1.23. The molecule has 1 amide bonds. The molecule has 6 heteroatoms. The molecule has 0 aliphatic carbocycles. The number of rotatable bonds is 2. The molecule has 1 saturated heterocycles. The second kappa shape index (κ2) is 5.28. The summed E-state index contributed by atoms with van der Waals surface area (Å²) in [6.45, 7) is 1.90. The minimum Gasteiger partial charge on any atom is -0.350 e. The Labute approximate surface area is 127 Å². The molecule has 0 spiro atoms. The van der Waals surface area contributed by atoms with Crippen LogP contribution in [0.2, 0.25) is 10.0 Å². The highest BCUT2D eigenvalue weighted by molar-refractivity contribution is 6.38. The maximum absolute atomic E-state index is 12.2. The lowest BCUT2D eigenvalue weighted by atomic mass is 10.2. The molecule has 1 aromatic carbocycles. The average Bonchev–Trinajstić information content (AvgIpc) is 2.95. The molecule has 2 heterocycles. The van der Waals surface area contributed by atoms with Gasteiger partial charge in [0.1, 0.15) is 5.69 Å². The maximum atomic E-state index is 12.2. The number of fused-ring (bicyclic) bond motifs is 1. The highest BCUT2D eigenvalue weighted by Gasteiger charge is 2.22. The van der Waals surface area contributed by atoms with Crippen molar-refractivity contribution in [2.75, 3.05) is 20.1 Å². The molecule has 2 aromatic rings. The summed E-state index contributed by atoms with van der Waals surface area (Å²) in [6, 6.07) is 5.41. The Morgan fingerprint density at radius 3 is 2.90 bits per heavy atom. The number of halogens is 2. The van der Waals surface area contributed by atoms with Gasteiger partial charge in [-0.25, -0.2) is 0 Å². The van der Waals surface area contributed by atoms with Gasteiger partial charge in [0, 0.05) is 28.5 Å². The summed E-state index contributed by atoms with van der Waals surface area (Å²) in [4.78, 5) is 17.5. The van der Waals surface area contributed by atoms with Crippen molar-refractivity contribution in [1.82, 2.24) is 15.2 Å². The molecule has 1 fully saturated rings. The van der Waals surface area contributed by atoms with E-state index in [1.807, 2.05) is 0 Å². The molecule has 1 aliphatic heterocycles. The highest BCUT2D eigenvalue weighted by Crippen LogP contribution is 2.28. The fourth-order valence-electron chi connectivity index (χ4n) is 2.60. The summed E-state index contributed by atoms with van der Waals surface area (Å²) in [6.07, 6.45) is 0.981. The number of aromatic amines is 1. The average molecular weight is 312 g/mol. The van der Waals surface area contributed by atoms with Crippen LogP contribution in [0.5, 0.6) is 0 Å². The van der Waals surface area contributed by atoms with Gasteiger partial charge in [0.2, 0.25) is 0 Å². The quantitative estimate of drug-likeness (QED) is 0.896. The Morgan fingerprint density at radius 1 is 1.40 bits per heavy atom. The number of likely N-dealkylation sites (N-methyl/N-ethyl adjacent to an activating group) is 1. The summed E-state index contributed by atoms with van der Waals surface area (Å²) in [7, 11) is 2.05. The summed E-state index contributed by atoms with van der Waals surface area (Å²) >= 11 is 12.1. The van der Waals surface area contributed by atoms with E-state index in [-0.39, 0.29) is 11.9 Å². The molecule has 0 unspecified atom stereocenters. The van der Waals surface area contributed by atoms with Crippen LogP contribution in [-0.4, -0.2) is 42.0 Å². The van der Waals surface area contributed by atoms with Gasteiger partial charge in [0.15, 0.2) is 0 Å². The minimum absolute atomic E-state index is 0.103. The van der Waals surface area contributed by atoms with E-state index in [0.717, 1.165) is 30.4 Å². The van der Waals surface area contributed by atoms with Crippen molar-refractivity contribution in [2.24, 2.45) is 0 Å². The Bertz CT molecular complexity index is 668. The van der Waals surface area contributed by atoms with Crippen molar-refractivity contribution < 1.29 is 4.79 Å². The zero-order chi connectivity index (χ0) is 14.3. The first-order valence-electron chi connectivity index (χ1n) is 6.50. The van der Waals surface area contributed by atoms with E-state index in [9.17, 15) is 4.79 Å². The van der Waals surface area contributed by atoms with Crippen molar-refractivity contribution >= 4 is 40.0 Å². The molecule has 3 rings (SSSR count). The molecule has 0 radical (unpaired) electrons. The van der Waals surface area contributed by atoms with Crippen LogP contribution in [0.3, 0.4) is 0 Å². The van der Waals surface area contributed by atoms with Crippen LogP contribution in [0.1, 0.15) is 16.9 Å². The second-order valence-corrected chi connectivity index (χ2v) is 6.10. The monoisotopic (exact) mass is 311 g/mol. The smallest absolute Gasteiger partial charge is 0.267 e. The maximum Gasteiger partial charge on any atom is 0.267 e. The largest absolute Gasteiger partial charge is 0.350 e. The lowest BCUT2D eigenvalue weighted by Crippen LogP contribution is -2.36. The molecule has 1 aliphatic rings. The molecular formula is C14H15Cl2N3O. The van der Waals surface area contributed by atoms with Gasteiger partial charge in [-0.15, -0.1) is 0 Å². The van der Waals surface area contributed by atoms with Crippen LogP contribution in [0.25, 0.3) is 10.9 Å². The van der Waals surface area contributed by atoms with Gasteiger partial charge < -0.3 is 15.2 Å². The summed E-state index contributed by atoms with van der Waals surface area (Å²) in [5.74, 6) is -0.103. The Kier molecular flexibility index (Phi) is 3.63. The molecule has 20 heavy (non-hydrogen) atoms. The first kappa shape index (κ1) is 13.7. The Balaban J connectivity index is 1.83. The molecule has 4 nitrogen and oxygen atoms in total. The molecule has 106 valence electrons. The number of likely N-dealkylation sites (tertiary alicyclic amines) is 1. The predicted molar refractivity (Wildman–Crippen MR) is 81.7 cm³/mol. The number of carbonyl (C=O) groups is 1. The van der Waals surface area contributed by atoms with E-state index in [4.69, 9.17) is 23.2 Å². The van der Waals surface area contributed by atoms with E-state index in [0.29, 0.717) is 15.7 Å². The number of aromatic nitrogens is 1. The van der Waals surface area contributed by atoms with Crippen LogP contribution in [0, 0.1) is 0 Å². The number of benzene rings is 1. The van der Waals surface area contributed by atoms with Gasteiger partial charge in [-0.05, 0) is 38.2 Å². The van der Waals surface area contributed by atoms with Crippen molar-refractivity contribution in [3.63, 3.8) is 0 Å². The topological polar surface area (TPSA) is 48.1 Å². The highest BCUT2D eigenvalue weighted by atomic mass is 35.5. The van der Waals surface area contributed by atoms with Gasteiger partial charge in [-0.2, -0.15) is 0 Å². The van der Waals surface area contributed by atoms with Crippen molar-refractivity contribution in [3.05, 3.63) is 33.9 Å². The van der Waals surface area contributed by atoms with Gasteiger partial charge in [0.25, 0.3) is 5.91 Å². The lowest BCUT2D eigenvalue weighted by molar-refractivity contribution is 0.0934. The summed E-state index contributed by atoms with van der Waals surface area (Å²) in [5.41, 5.74) is 1.29. The van der Waals surface area contributed by atoms with Gasteiger partial charge in [0.05, 0.1) is 5.02 Å². The number of hydrogen-bond acceptors (Lipinski definition) is 2. The van der Waals surface area contributed by atoms with Crippen LogP contribution in [-0.2, 0) is 0 Å². The number of amides is 1. The molecule has 2 N–H and O–H groups in total. The normalized spacial score (nSPS) is 19.6. The SMILES string of the molecule is CN1CC[C@@H](NC(=O)c2cc3c(Cl)cc(Cl)cc3[nH]2)C1. The zero-order valence-electron chi connectivity index (χ0n) is 11.0. The number of carbonyl (C=O) groups excluding carboxylic acids is 1. The van der Waals surface area contributed by atoms with Crippen molar-refractivity contribution in [3.8, 4) is 0 Å². The first-order valence-corrected chi connectivity index (χ1v) is 7.25.